The van der Waals surface area contributed by atoms with E-state index in [9.17, 15) is 4.79 Å². The lowest BCUT2D eigenvalue weighted by atomic mass is 10.0. The van der Waals surface area contributed by atoms with Crippen molar-refractivity contribution in [3.63, 3.8) is 0 Å². The van der Waals surface area contributed by atoms with Gasteiger partial charge in [0.15, 0.2) is 0 Å². The first-order valence-electron chi connectivity index (χ1n) is 9.57. The van der Waals surface area contributed by atoms with Crippen LogP contribution in [0.1, 0.15) is 24.0 Å². The van der Waals surface area contributed by atoms with Crippen molar-refractivity contribution in [2.24, 2.45) is 0 Å². The number of rotatable bonds is 7. The molecule has 1 aliphatic rings. The van der Waals surface area contributed by atoms with E-state index in [2.05, 4.69) is 40.5 Å². The number of nitrogens with one attached hydrogen (secondary N) is 1. The zero-order valence-corrected chi connectivity index (χ0v) is 16.7. The summed E-state index contributed by atoms with van der Waals surface area (Å²) < 4.78 is 0. The molecule has 1 heterocycles. The van der Waals surface area contributed by atoms with Crippen molar-refractivity contribution in [1.82, 2.24) is 15.1 Å². The molecule has 1 N–H and O–H groups in total. The van der Waals surface area contributed by atoms with Crippen molar-refractivity contribution < 1.29 is 4.79 Å². The van der Waals surface area contributed by atoms with E-state index in [0.717, 1.165) is 43.1 Å². The minimum Gasteiger partial charge on any atom is -0.352 e. The van der Waals surface area contributed by atoms with Gasteiger partial charge < -0.3 is 5.32 Å². The summed E-state index contributed by atoms with van der Waals surface area (Å²) in [4.78, 5) is 16.8. The second-order valence-electron chi connectivity index (χ2n) is 7.41. The number of hydrogen-bond donors (Lipinski definition) is 1. The number of benzene rings is 2. The first-order chi connectivity index (χ1) is 13.1. The normalized spacial score (nSPS) is 15.8. The molecule has 0 aromatic heterocycles. The fraction of sp³-hybridized carbons (Fsp3) is 0.409. The second kappa shape index (κ2) is 9.88. The Kier molecular flexibility index (Phi) is 7.27. The number of carbonyl (C=O) groups is 1. The van der Waals surface area contributed by atoms with E-state index in [0.29, 0.717) is 13.1 Å². The summed E-state index contributed by atoms with van der Waals surface area (Å²) in [6, 6.07) is 18.6. The van der Waals surface area contributed by atoms with Gasteiger partial charge in [-0.25, -0.2) is 0 Å². The third-order valence-electron chi connectivity index (χ3n) is 4.96. The van der Waals surface area contributed by atoms with E-state index >= 15 is 0 Å². The molecule has 27 heavy (non-hydrogen) atoms. The third-order valence-corrected chi connectivity index (χ3v) is 5.19. The SMILES string of the molecule is CN(CC(=O)NC1CCN(Cc2ccccc2)CC1)Cc1cccc(Cl)c1. The van der Waals surface area contributed by atoms with Crippen LogP contribution in [0.5, 0.6) is 0 Å². The zero-order chi connectivity index (χ0) is 19.1. The summed E-state index contributed by atoms with van der Waals surface area (Å²) in [6.07, 6.45) is 2.02. The smallest absolute Gasteiger partial charge is 0.234 e. The van der Waals surface area contributed by atoms with Gasteiger partial charge in [0.05, 0.1) is 6.54 Å². The highest BCUT2D eigenvalue weighted by molar-refractivity contribution is 6.30. The second-order valence-corrected chi connectivity index (χ2v) is 7.84. The van der Waals surface area contributed by atoms with Gasteiger partial charge in [0.1, 0.15) is 0 Å². The average Bonchev–Trinajstić information content (AvgIpc) is 2.64. The Morgan fingerprint density at radius 2 is 1.81 bits per heavy atom. The Morgan fingerprint density at radius 3 is 2.52 bits per heavy atom. The van der Waals surface area contributed by atoms with E-state index in [1.54, 1.807) is 0 Å². The largest absolute Gasteiger partial charge is 0.352 e. The number of carbonyl (C=O) groups excluding carboxylic acids is 1. The lowest BCUT2D eigenvalue weighted by molar-refractivity contribution is -0.123. The molecule has 2 aromatic rings. The first-order valence-corrected chi connectivity index (χ1v) is 9.95. The molecule has 1 amide bonds. The highest BCUT2D eigenvalue weighted by atomic mass is 35.5. The van der Waals surface area contributed by atoms with E-state index in [4.69, 9.17) is 11.6 Å². The molecule has 0 unspecified atom stereocenters. The van der Waals surface area contributed by atoms with Crippen molar-refractivity contribution in [2.45, 2.75) is 32.0 Å². The van der Waals surface area contributed by atoms with Gasteiger partial charge in [-0.2, -0.15) is 0 Å². The van der Waals surface area contributed by atoms with Crippen LogP contribution in [0.4, 0.5) is 0 Å². The molecular formula is C22H28ClN3O. The summed E-state index contributed by atoms with van der Waals surface area (Å²) in [5, 5.41) is 3.93. The molecule has 0 atom stereocenters. The number of likely N-dealkylation sites (tertiary alicyclic amines) is 1. The van der Waals surface area contributed by atoms with Crippen LogP contribution in [-0.2, 0) is 17.9 Å². The van der Waals surface area contributed by atoms with Gasteiger partial charge in [-0.05, 0) is 43.1 Å². The van der Waals surface area contributed by atoms with E-state index in [-0.39, 0.29) is 11.9 Å². The van der Waals surface area contributed by atoms with Gasteiger partial charge in [-0.15, -0.1) is 0 Å². The van der Waals surface area contributed by atoms with Crippen LogP contribution in [0.15, 0.2) is 54.6 Å². The minimum atomic E-state index is 0.0982. The van der Waals surface area contributed by atoms with Crippen molar-refractivity contribution in [1.29, 1.82) is 0 Å². The van der Waals surface area contributed by atoms with Crippen LogP contribution in [0, 0.1) is 0 Å². The molecule has 1 saturated heterocycles. The van der Waals surface area contributed by atoms with Crippen LogP contribution in [0.2, 0.25) is 5.02 Å². The van der Waals surface area contributed by atoms with Crippen molar-refractivity contribution in [3.8, 4) is 0 Å². The maximum absolute atomic E-state index is 12.4. The monoisotopic (exact) mass is 385 g/mol. The van der Waals surface area contributed by atoms with Gasteiger partial charge in [0.2, 0.25) is 5.91 Å². The van der Waals surface area contributed by atoms with Crippen LogP contribution in [0.25, 0.3) is 0 Å². The average molecular weight is 386 g/mol. The molecule has 0 spiro atoms. The Balaban J connectivity index is 1.37. The molecule has 0 bridgehead atoms. The highest BCUT2D eigenvalue weighted by Crippen LogP contribution is 2.14. The number of amides is 1. The summed E-state index contributed by atoms with van der Waals surface area (Å²) in [7, 11) is 1.96. The number of nitrogens with zero attached hydrogens (tertiary/aromatic N) is 2. The highest BCUT2D eigenvalue weighted by Gasteiger charge is 2.21. The lowest BCUT2D eigenvalue weighted by Gasteiger charge is -2.32. The Bertz CT molecular complexity index is 729. The summed E-state index contributed by atoms with van der Waals surface area (Å²) in [6.45, 7) is 4.15. The Morgan fingerprint density at radius 1 is 1.11 bits per heavy atom. The van der Waals surface area contributed by atoms with Crippen LogP contribution in [0.3, 0.4) is 0 Å². The fourth-order valence-electron chi connectivity index (χ4n) is 3.60. The van der Waals surface area contributed by atoms with Crippen molar-refractivity contribution >= 4 is 17.5 Å². The fourth-order valence-corrected chi connectivity index (χ4v) is 3.81. The predicted octanol–water partition coefficient (Wildman–Crippen LogP) is 3.55. The van der Waals surface area contributed by atoms with Gasteiger partial charge >= 0.3 is 0 Å². The molecule has 1 aliphatic heterocycles. The molecule has 5 heteroatoms. The minimum absolute atomic E-state index is 0.0982. The molecule has 2 aromatic carbocycles. The van der Waals surface area contributed by atoms with Gasteiger partial charge in [0, 0.05) is 37.2 Å². The Labute approximate surface area is 167 Å². The van der Waals surface area contributed by atoms with Crippen LogP contribution < -0.4 is 5.32 Å². The van der Waals surface area contributed by atoms with Crippen LogP contribution >= 0.6 is 11.6 Å². The number of likely N-dealkylation sites (N-methyl/N-ethyl adjacent to an activating group) is 1. The topological polar surface area (TPSA) is 35.6 Å². The predicted molar refractivity (Wildman–Crippen MR) is 111 cm³/mol. The third kappa shape index (κ3) is 6.65. The molecule has 4 nitrogen and oxygen atoms in total. The van der Waals surface area contributed by atoms with Gasteiger partial charge in [0.25, 0.3) is 0 Å². The van der Waals surface area contributed by atoms with Gasteiger partial charge in [-0.3, -0.25) is 14.6 Å². The quantitative estimate of drug-likeness (QED) is 0.791. The molecular weight excluding hydrogens is 358 g/mol. The van der Waals surface area contributed by atoms with E-state index in [1.807, 2.05) is 36.2 Å². The maximum Gasteiger partial charge on any atom is 0.234 e. The summed E-state index contributed by atoms with van der Waals surface area (Å²) in [5.74, 6) is 0.0982. The van der Waals surface area contributed by atoms with Crippen molar-refractivity contribution in [3.05, 3.63) is 70.7 Å². The molecule has 3 rings (SSSR count). The molecule has 1 fully saturated rings. The number of hydrogen-bond acceptors (Lipinski definition) is 3. The molecule has 0 radical (unpaired) electrons. The lowest BCUT2D eigenvalue weighted by Crippen LogP contribution is -2.46. The van der Waals surface area contributed by atoms with Crippen LogP contribution in [-0.4, -0.2) is 48.4 Å². The van der Waals surface area contributed by atoms with E-state index in [1.165, 1.54) is 5.56 Å². The van der Waals surface area contributed by atoms with Crippen molar-refractivity contribution in [2.75, 3.05) is 26.7 Å². The summed E-state index contributed by atoms with van der Waals surface area (Å²) >= 11 is 6.02. The molecule has 0 saturated carbocycles. The molecule has 144 valence electrons. The van der Waals surface area contributed by atoms with E-state index < -0.39 is 0 Å². The zero-order valence-electron chi connectivity index (χ0n) is 15.9. The maximum atomic E-state index is 12.4. The van der Waals surface area contributed by atoms with Gasteiger partial charge in [-0.1, -0.05) is 54.1 Å². The standard InChI is InChI=1S/C22H28ClN3O/c1-25(15-19-8-5-9-20(23)14-19)17-22(27)24-21-10-12-26(13-11-21)16-18-6-3-2-4-7-18/h2-9,14,21H,10-13,15-17H2,1H3,(H,24,27). The summed E-state index contributed by atoms with van der Waals surface area (Å²) in [5.41, 5.74) is 2.47. The Hall–Kier alpha value is -1.88. The first kappa shape index (κ1) is 19.9. The number of piperidine rings is 1. The molecule has 0 aliphatic carbocycles. The number of halogens is 1.